The lowest BCUT2D eigenvalue weighted by molar-refractivity contribution is -0.144. The number of thioether (sulfide) groups is 1. The number of hydrogen-bond donors (Lipinski definition) is 2. The lowest BCUT2D eigenvalue weighted by Gasteiger charge is -2.25. The highest BCUT2D eigenvalue weighted by atomic mass is 35.5. The average Bonchev–Trinajstić information content (AvgIpc) is 3.12. The number of ether oxygens (including phenoxy) is 2. The minimum Gasteiger partial charge on any atom is -0.491 e. The molecule has 1 aliphatic rings. The summed E-state index contributed by atoms with van der Waals surface area (Å²) >= 11 is 1.75. The van der Waals surface area contributed by atoms with E-state index in [0.717, 1.165) is 29.1 Å². The number of hydrogen-bond acceptors (Lipinski definition) is 6. The number of nitrogens with zero attached hydrogens (tertiary/aromatic N) is 1. The molecule has 1 aliphatic heterocycles. The first-order valence-electron chi connectivity index (χ1n) is 11.0. The van der Waals surface area contributed by atoms with Crippen LogP contribution in [0.1, 0.15) is 24.8 Å². The fourth-order valence-electron chi connectivity index (χ4n) is 4.03. The van der Waals surface area contributed by atoms with Gasteiger partial charge in [0, 0.05) is 12.1 Å². The highest BCUT2D eigenvalue weighted by molar-refractivity contribution is 7.98. The van der Waals surface area contributed by atoms with Crippen molar-refractivity contribution in [3.8, 4) is 16.9 Å². The molecule has 0 spiro atoms. The van der Waals surface area contributed by atoms with Crippen molar-refractivity contribution in [2.24, 2.45) is 11.7 Å². The first-order chi connectivity index (χ1) is 15.9. The van der Waals surface area contributed by atoms with Gasteiger partial charge in [0.05, 0.1) is 25.5 Å². The maximum atomic E-state index is 12.9. The molecule has 1 heterocycles. The second-order valence-electron chi connectivity index (χ2n) is 8.07. The summed E-state index contributed by atoms with van der Waals surface area (Å²) in [6, 6.07) is 15.3. The zero-order valence-electron chi connectivity index (χ0n) is 19.5. The van der Waals surface area contributed by atoms with Crippen molar-refractivity contribution in [2.75, 3.05) is 32.3 Å². The predicted octanol–water partition coefficient (Wildman–Crippen LogP) is 3.97. The smallest absolute Gasteiger partial charge is 0.306 e. The van der Waals surface area contributed by atoms with E-state index < -0.39 is 0 Å². The van der Waals surface area contributed by atoms with Crippen molar-refractivity contribution >= 4 is 41.9 Å². The molecule has 7 nitrogen and oxygen atoms in total. The number of esters is 1. The van der Waals surface area contributed by atoms with Crippen LogP contribution in [0.3, 0.4) is 0 Å². The minimum atomic E-state index is -0.356. The number of amidine groups is 1. The number of amides is 1. The molecule has 0 unspecified atom stereocenters. The number of benzene rings is 2. The Bertz CT molecular complexity index is 969. The molecule has 1 saturated heterocycles. The van der Waals surface area contributed by atoms with Gasteiger partial charge in [-0.25, -0.2) is 0 Å². The van der Waals surface area contributed by atoms with Gasteiger partial charge in [-0.1, -0.05) is 36.4 Å². The van der Waals surface area contributed by atoms with Gasteiger partial charge in [0.1, 0.15) is 18.2 Å². The maximum Gasteiger partial charge on any atom is 0.306 e. The quantitative estimate of drug-likeness (QED) is 0.207. The summed E-state index contributed by atoms with van der Waals surface area (Å²) in [5.74, 6) is 1.07. The molecule has 2 aromatic carbocycles. The van der Waals surface area contributed by atoms with Crippen LogP contribution in [0, 0.1) is 11.3 Å². The molecule has 0 radical (unpaired) electrons. The van der Waals surface area contributed by atoms with Crippen molar-refractivity contribution < 1.29 is 19.1 Å². The number of carbonyl (C=O) groups excluding carboxylic acids is 2. The van der Waals surface area contributed by atoms with E-state index in [2.05, 4.69) is 0 Å². The summed E-state index contributed by atoms with van der Waals surface area (Å²) in [7, 11) is 1.35. The monoisotopic (exact) mass is 505 g/mol. The van der Waals surface area contributed by atoms with E-state index >= 15 is 0 Å². The Labute approximate surface area is 211 Å². The number of nitrogen functional groups attached to an aromatic ring is 1. The summed E-state index contributed by atoms with van der Waals surface area (Å²) in [4.78, 5) is 26.5. The average molecular weight is 506 g/mol. The van der Waals surface area contributed by atoms with E-state index in [4.69, 9.17) is 20.6 Å². The summed E-state index contributed by atoms with van der Waals surface area (Å²) < 4.78 is 10.8. The van der Waals surface area contributed by atoms with Crippen LogP contribution in [-0.2, 0) is 14.3 Å². The largest absolute Gasteiger partial charge is 0.491 e. The fraction of sp³-hybridized carbons (Fsp3) is 0.400. The van der Waals surface area contributed by atoms with E-state index in [1.54, 1.807) is 11.8 Å². The summed E-state index contributed by atoms with van der Waals surface area (Å²) in [6.07, 6.45) is 3.66. The number of likely N-dealkylation sites (tertiary alicyclic amines) is 1. The first kappa shape index (κ1) is 27.5. The normalized spacial score (nSPS) is 17.2. The van der Waals surface area contributed by atoms with Crippen LogP contribution in [0.5, 0.6) is 5.75 Å². The number of halogens is 1. The molecule has 0 bridgehead atoms. The lowest BCUT2D eigenvalue weighted by atomic mass is 10.0. The Balaban J connectivity index is 0.00000408. The van der Waals surface area contributed by atoms with Crippen molar-refractivity contribution in [3.05, 3.63) is 54.1 Å². The summed E-state index contributed by atoms with van der Waals surface area (Å²) in [5, 5.41) is 7.50. The Kier molecular flexibility index (Phi) is 10.7. The molecule has 2 aromatic rings. The third kappa shape index (κ3) is 7.14. The van der Waals surface area contributed by atoms with Crippen molar-refractivity contribution in [1.29, 1.82) is 5.41 Å². The molecular formula is C25H32ClN3O4S. The number of rotatable bonds is 11. The first-order valence-corrected chi connectivity index (χ1v) is 12.4. The van der Waals surface area contributed by atoms with Crippen LogP contribution in [0.15, 0.2) is 48.5 Å². The highest BCUT2D eigenvalue weighted by Gasteiger charge is 2.40. The highest BCUT2D eigenvalue weighted by Crippen LogP contribution is 2.29. The zero-order chi connectivity index (χ0) is 23.8. The van der Waals surface area contributed by atoms with E-state index in [0.29, 0.717) is 25.1 Å². The minimum absolute atomic E-state index is 0. The molecule has 0 aromatic heterocycles. The Morgan fingerprint density at radius 1 is 1.15 bits per heavy atom. The van der Waals surface area contributed by atoms with Gasteiger partial charge in [-0.05, 0) is 48.1 Å². The van der Waals surface area contributed by atoms with Crippen molar-refractivity contribution in [3.63, 3.8) is 0 Å². The molecule has 0 aliphatic carbocycles. The number of nitrogens with one attached hydrogen (secondary N) is 1. The number of carbonyl (C=O) groups is 2. The molecule has 3 rings (SSSR count). The van der Waals surface area contributed by atoms with Gasteiger partial charge in [-0.2, -0.15) is 11.8 Å². The van der Waals surface area contributed by atoms with Gasteiger partial charge < -0.3 is 20.1 Å². The Morgan fingerprint density at radius 3 is 2.32 bits per heavy atom. The van der Waals surface area contributed by atoms with E-state index in [1.807, 2.05) is 59.7 Å². The number of nitrogens with two attached hydrogens (primary N) is 1. The topological polar surface area (TPSA) is 106 Å². The van der Waals surface area contributed by atoms with Gasteiger partial charge in [0.25, 0.3) is 0 Å². The van der Waals surface area contributed by atoms with E-state index in [-0.39, 0.29) is 48.5 Å². The molecule has 0 saturated carbocycles. The molecule has 9 heteroatoms. The van der Waals surface area contributed by atoms with Crippen LogP contribution in [0.25, 0.3) is 11.1 Å². The summed E-state index contributed by atoms with van der Waals surface area (Å²) in [5.41, 5.74) is 8.27. The third-order valence-electron chi connectivity index (χ3n) is 5.84. The zero-order valence-corrected chi connectivity index (χ0v) is 21.1. The molecule has 3 N–H and O–H groups in total. The van der Waals surface area contributed by atoms with E-state index in [9.17, 15) is 9.59 Å². The maximum absolute atomic E-state index is 12.9. The van der Waals surface area contributed by atoms with E-state index in [1.165, 1.54) is 7.11 Å². The van der Waals surface area contributed by atoms with Crippen molar-refractivity contribution in [2.45, 2.75) is 25.3 Å². The second-order valence-corrected chi connectivity index (χ2v) is 9.06. The molecule has 1 amide bonds. The van der Waals surface area contributed by atoms with Crippen LogP contribution in [0.2, 0.25) is 0 Å². The third-order valence-corrected chi connectivity index (χ3v) is 6.54. The lowest BCUT2D eigenvalue weighted by Crippen LogP contribution is -2.38. The predicted molar refractivity (Wildman–Crippen MR) is 139 cm³/mol. The van der Waals surface area contributed by atoms with Gasteiger partial charge in [0.2, 0.25) is 5.91 Å². The molecule has 184 valence electrons. The van der Waals surface area contributed by atoms with Crippen LogP contribution in [0.4, 0.5) is 0 Å². The van der Waals surface area contributed by atoms with Gasteiger partial charge >= 0.3 is 5.97 Å². The molecular weight excluding hydrogens is 474 g/mol. The van der Waals surface area contributed by atoms with Crippen LogP contribution < -0.4 is 10.5 Å². The Morgan fingerprint density at radius 2 is 1.76 bits per heavy atom. The SMILES string of the molecule is COC(=O)C[C@@H]1C[C@@H](COc2ccc(-c3ccc(C(=N)N)cc3)cc2)N(CCCSC)C1=O.Cl. The Hall–Kier alpha value is -2.71. The van der Waals surface area contributed by atoms with Gasteiger partial charge in [0.15, 0.2) is 0 Å². The molecule has 1 fully saturated rings. The van der Waals surface area contributed by atoms with Gasteiger partial charge in [-0.15, -0.1) is 12.4 Å². The summed E-state index contributed by atoms with van der Waals surface area (Å²) in [6.45, 7) is 1.05. The van der Waals surface area contributed by atoms with Crippen LogP contribution >= 0.6 is 24.2 Å². The number of methoxy groups -OCH3 is 1. The van der Waals surface area contributed by atoms with Crippen molar-refractivity contribution in [1.82, 2.24) is 4.90 Å². The van der Waals surface area contributed by atoms with Crippen LogP contribution in [-0.4, -0.2) is 60.9 Å². The fourth-order valence-corrected chi connectivity index (χ4v) is 4.45. The molecule has 34 heavy (non-hydrogen) atoms. The standard InChI is InChI=1S/C25H31N3O4S.ClH/c1-31-23(29)15-20-14-21(28(25(20)30)12-3-13-33-2)16-32-22-10-8-18(9-11-22)17-4-6-19(7-5-17)24(26)27;/h4-11,20-21H,3,12-16H2,1-2H3,(H3,26,27);1H/t20-,21-;/m0./s1. The molecule has 2 atom stereocenters. The van der Waals surface area contributed by atoms with Gasteiger partial charge in [-0.3, -0.25) is 15.0 Å². The second kappa shape index (κ2) is 13.2.